The Morgan fingerprint density at radius 2 is 1.73 bits per heavy atom. The minimum Gasteiger partial charge on any atom is -0.478 e. The molecule has 30 heavy (non-hydrogen) atoms. The van der Waals surface area contributed by atoms with Gasteiger partial charge in [0.25, 0.3) is 0 Å². The van der Waals surface area contributed by atoms with Crippen molar-refractivity contribution < 1.29 is 9.90 Å². The lowest BCUT2D eigenvalue weighted by Crippen LogP contribution is -2.25. The molecule has 0 spiro atoms. The molecule has 3 N–H and O–H groups in total. The largest absolute Gasteiger partial charge is 0.478 e. The van der Waals surface area contributed by atoms with Crippen LogP contribution in [0.2, 0.25) is 0 Å². The lowest BCUT2D eigenvalue weighted by molar-refractivity contribution is 0.0698. The van der Waals surface area contributed by atoms with E-state index in [0.29, 0.717) is 5.69 Å². The quantitative estimate of drug-likeness (QED) is 0.314. The predicted molar refractivity (Wildman–Crippen MR) is 121 cm³/mol. The fourth-order valence-corrected chi connectivity index (χ4v) is 3.15. The van der Waals surface area contributed by atoms with E-state index in [1.807, 2.05) is 30.3 Å². The molecule has 0 fully saturated rings. The molecule has 154 valence electrons. The van der Waals surface area contributed by atoms with Crippen LogP contribution in [0.15, 0.2) is 78.0 Å². The Morgan fingerprint density at radius 1 is 1.00 bits per heavy atom. The number of nitrogens with one attached hydrogen (secondary N) is 2. The van der Waals surface area contributed by atoms with Gasteiger partial charge in [-0.1, -0.05) is 30.3 Å². The van der Waals surface area contributed by atoms with E-state index in [2.05, 4.69) is 52.1 Å². The smallest absolute Gasteiger partial charge is 0.337 e. The van der Waals surface area contributed by atoms with Crippen LogP contribution in [-0.4, -0.2) is 24.2 Å². The molecule has 7 nitrogen and oxygen atoms in total. The monoisotopic (exact) mass is 404 g/mol. The summed E-state index contributed by atoms with van der Waals surface area (Å²) >= 11 is 0. The summed E-state index contributed by atoms with van der Waals surface area (Å²) in [5.41, 5.74) is 9.47. The third kappa shape index (κ3) is 5.35. The Hall–Kier alpha value is -3.87. The first-order valence-corrected chi connectivity index (χ1v) is 9.72. The number of rotatable bonds is 10. The van der Waals surface area contributed by atoms with E-state index >= 15 is 0 Å². The zero-order valence-electron chi connectivity index (χ0n) is 16.7. The summed E-state index contributed by atoms with van der Waals surface area (Å²) < 4.78 is 0. The Balaban J connectivity index is 1.62. The number of anilines is 3. The highest BCUT2D eigenvalue weighted by molar-refractivity contribution is 5.95. The van der Waals surface area contributed by atoms with Crippen LogP contribution >= 0.6 is 0 Å². The number of nitrogens with zero attached hydrogens (tertiary/aromatic N) is 2. The van der Waals surface area contributed by atoms with Gasteiger partial charge in [0.2, 0.25) is 0 Å². The molecule has 0 heterocycles. The summed E-state index contributed by atoms with van der Waals surface area (Å²) in [7, 11) is 0. The van der Waals surface area contributed by atoms with Gasteiger partial charge in [0, 0.05) is 18.8 Å². The molecule has 0 amide bonds. The third-order valence-electron chi connectivity index (χ3n) is 4.81. The van der Waals surface area contributed by atoms with Crippen molar-refractivity contribution >= 4 is 28.7 Å². The number of aromatic carboxylic acids is 1. The van der Waals surface area contributed by atoms with Gasteiger partial charge in [0.05, 0.1) is 16.9 Å². The van der Waals surface area contributed by atoms with E-state index < -0.39 is 5.97 Å². The average Bonchev–Trinajstić information content (AvgIpc) is 2.79. The maximum absolute atomic E-state index is 11.4. The number of hydrazine groups is 1. The number of hydrogen-bond acceptors (Lipinski definition) is 6. The van der Waals surface area contributed by atoms with E-state index in [9.17, 15) is 14.8 Å². The highest BCUT2D eigenvalue weighted by Gasteiger charge is 2.11. The minimum absolute atomic E-state index is 0.0331. The predicted octanol–water partition coefficient (Wildman–Crippen LogP) is 5.29. The van der Waals surface area contributed by atoms with E-state index in [4.69, 9.17) is 0 Å². The SMILES string of the molecule is CCN(CCc1ccccc1)c1ccc(NNc2ccc(N=O)cc2C(=O)O)cc1. The molecule has 0 bridgehead atoms. The van der Waals surface area contributed by atoms with Crippen LogP contribution in [0.5, 0.6) is 0 Å². The first-order valence-electron chi connectivity index (χ1n) is 9.72. The van der Waals surface area contributed by atoms with Crippen molar-refractivity contribution in [3.05, 3.63) is 88.8 Å². The van der Waals surface area contributed by atoms with Crippen molar-refractivity contribution in [3.8, 4) is 0 Å². The first-order chi connectivity index (χ1) is 14.6. The Bertz CT molecular complexity index is 991. The molecule has 0 aromatic heterocycles. The second-order valence-corrected chi connectivity index (χ2v) is 6.74. The Kier molecular flexibility index (Phi) is 7.00. The van der Waals surface area contributed by atoms with E-state index in [1.54, 1.807) is 0 Å². The fraction of sp³-hybridized carbons (Fsp3) is 0.174. The summed E-state index contributed by atoms with van der Waals surface area (Å²) in [5, 5.41) is 12.1. The van der Waals surface area contributed by atoms with Crippen LogP contribution in [0.1, 0.15) is 22.8 Å². The van der Waals surface area contributed by atoms with E-state index in [1.165, 1.54) is 23.8 Å². The van der Waals surface area contributed by atoms with Gasteiger partial charge < -0.3 is 20.9 Å². The molecule has 0 unspecified atom stereocenters. The topological polar surface area (TPSA) is 94.0 Å². The van der Waals surface area contributed by atoms with Crippen molar-refractivity contribution in [1.29, 1.82) is 0 Å². The molecule has 3 rings (SSSR count). The summed E-state index contributed by atoms with van der Waals surface area (Å²) in [6, 6.07) is 22.5. The number of carboxylic acids is 1. The van der Waals surface area contributed by atoms with E-state index in [-0.39, 0.29) is 11.3 Å². The lowest BCUT2D eigenvalue weighted by atomic mass is 10.1. The van der Waals surface area contributed by atoms with Crippen LogP contribution in [0, 0.1) is 4.91 Å². The third-order valence-corrected chi connectivity index (χ3v) is 4.81. The molecule has 0 aliphatic carbocycles. The van der Waals surface area contributed by atoms with Gasteiger partial charge in [0.1, 0.15) is 5.69 Å². The first kappa shape index (κ1) is 20.9. The summed E-state index contributed by atoms with van der Waals surface area (Å²) in [6.07, 6.45) is 0.972. The van der Waals surface area contributed by atoms with Crippen LogP contribution in [0.3, 0.4) is 0 Å². The fourth-order valence-electron chi connectivity index (χ4n) is 3.15. The second kappa shape index (κ2) is 10.1. The van der Waals surface area contributed by atoms with Crippen LogP contribution < -0.4 is 15.8 Å². The number of benzene rings is 3. The van der Waals surface area contributed by atoms with Gasteiger partial charge >= 0.3 is 5.97 Å². The Labute approximate surface area is 175 Å². The molecular formula is C23H24N4O3. The van der Waals surface area contributed by atoms with Crippen molar-refractivity contribution in [2.45, 2.75) is 13.3 Å². The Morgan fingerprint density at radius 3 is 2.37 bits per heavy atom. The highest BCUT2D eigenvalue weighted by atomic mass is 16.4. The molecule has 3 aromatic rings. The van der Waals surface area contributed by atoms with Crippen LogP contribution in [0.25, 0.3) is 0 Å². The van der Waals surface area contributed by atoms with Gasteiger partial charge in [-0.05, 0) is 66.5 Å². The van der Waals surface area contributed by atoms with Crippen molar-refractivity contribution in [3.63, 3.8) is 0 Å². The van der Waals surface area contributed by atoms with Crippen molar-refractivity contribution in [2.75, 3.05) is 28.8 Å². The van der Waals surface area contributed by atoms with E-state index in [0.717, 1.165) is 30.9 Å². The average molecular weight is 404 g/mol. The summed E-state index contributed by atoms with van der Waals surface area (Å²) in [4.78, 5) is 24.3. The molecule has 0 saturated heterocycles. The molecule has 3 aromatic carbocycles. The number of nitroso groups, excluding NO2 is 1. The highest BCUT2D eigenvalue weighted by Crippen LogP contribution is 2.24. The van der Waals surface area contributed by atoms with Gasteiger partial charge in [0.15, 0.2) is 0 Å². The van der Waals surface area contributed by atoms with Crippen molar-refractivity contribution in [2.24, 2.45) is 5.18 Å². The number of carboxylic acid groups (broad SMARTS) is 1. The van der Waals surface area contributed by atoms with Crippen LogP contribution in [0.4, 0.5) is 22.7 Å². The minimum atomic E-state index is -1.14. The number of carbonyl (C=O) groups is 1. The summed E-state index contributed by atoms with van der Waals surface area (Å²) in [6.45, 7) is 3.95. The summed E-state index contributed by atoms with van der Waals surface area (Å²) in [5.74, 6) is -1.14. The zero-order valence-corrected chi connectivity index (χ0v) is 16.7. The van der Waals surface area contributed by atoms with Gasteiger partial charge in [-0.2, -0.15) is 0 Å². The maximum Gasteiger partial charge on any atom is 0.337 e. The standard InChI is InChI=1S/C23H24N4O3/c1-2-27(15-14-17-6-4-3-5-7-17)20-11-8-18(9-12-20)24-25-22-13-10-19(26-30)16-21(22)23(28)29/h3-13,16,24-25H,2,14-15H2,1H3,(H,28,29). The molecule has 0 aliphatic rings. The number of likely N-dealkylation sites (N-methyl/N-ethyl adjacent to an activating group) is 1. The second-order valence-electron chi connectivity index (χ2n) is 6.74. The van der Waals surface area contributed by atoms with Crippen LogP contribution in [-0.2, 0) is 6.42 Å². The lowest BCUT2D eigenvalue weighted by Gasteiger charge is -2.23. The van der Waals surface area contributed by atoms with Gasteiger partial charge in [-0.25, -0.2) is 4.79 Å². The molecular weight excluding hydrogens is 380 g/mol. The van der Waals surface area contributed by atoms with Gasteiger partial charge in [-0.15, -0.1) is 4.91 Å². The van der Waals surface area contributed by atoms with Gasteiger partial charge in [-0.3, -0.25) is 0 Å². The molecule has 0 saturated carbocycles. The molecule has 0 atom stereocenters. The molecule has 0 aliphatic heterocycles. The van der Waals surface area contributed by atoms with Crippen molar-refractivity contribution in [1.82, 2.24) is 0 Å². The zero-order chi connectivity index (χ0) is 21.3. The number of hydrogen-bond donors (Lipinski definition) is 3. The maximum atomic E-state index is 11.4. The molecule has 7 heteroatoms. The normalized spacial score (nSPS) is 10.3. The molecule has 0 radical (unpaired) electrons.